The van der Waals surface area contributed by atoms with Gasteiger partial charge in [-0.05, 0) is 41.8 Å². The molecule has 4 rings (SSSR count). The van der Waals surface area contributed by atoms with Crippen molar-refractivity contribution in [1.82, 2.24) is 9.21 Å². The van der Waals surface area contributed by atoms with E-state index in [0.29, 0.717) is 24.1 Å². The summed E-state index contributed by atoms with van der Waals surface area (Å²) in [5.74, 6) is 0.0431. The second kappa shape index (κ2) is 6.51. The summed E-state index contributed by atoms with van der Waals surface area (Å²) < 4.78 is 31.5. The van der Waals surface area contributed by atoms with Crippen LogP contribution in [0.15, 0.2) is 57.8 Å². The number of nitrogens with zero attached hydrogens (tertiary/aromatic N) is 2. The number of benzene rings is 2. The average molecular weight is 384 g/mol. The molecule has 1 aliphatic heterocycles. The molecule has 0 spiro atoms. The van der Waals surface area contributed by atoms with E-state index in [1.54, 1.807) is 17.0 Å². The summed E-state index contributed by atoms with van der Waals surface area (Å²) in [6, 6.07) is 14.3. The SMILES string of the molecule is CN(C)S(=O)(=O)c1ccc2oc(C(=O)N3CCc4ccccc4C3)cc2c1. The number of sulfonamides is 1. The third-order valence-corrected chi connectivity index (χ3v) is 6.71. The Morgan fingerprint density at radius 3 is 2.56 bits per heavy atom. The van der Waals surface area contributed by atoms with Crippen molar-refractivity contribution in [2.75, 3.05) is 20.6 Å². The largest absolute Gasteiger partial charge is 0.451 e. The molecule has 0 saturated carbocycles. The van der Waals surface area contributed by atoms with Crippen molar-refractivity contribution >= 4 is 26.9 Å². The van der Waals surface area contributed by atoms with Gasteiger partial charge in [-0.15, -0.1) is 0 Å². The molecule has 0 fully saturated rings. The second-order valence-electron chi connectivity index (χ2n) is 6.84. The first-order valence-corrected chi connectivity index (χ1v) is 10.1. The van der Waals surface area contributed by atoms with Crippen molar-refractivity contribution in [3.8, 4) is 0 Å². The van der Waals surface area contributed by atoms with Crippen LogP contribution in [0.3, 0.4) is 0 Å². The Kier molecular flexibility index (Phi) is 4.28. The lowest BCUT2D eigenvalue weighted by Gasteiger charge is -2.28. The molecule has 2 aromatic carbocycles. The molecule has 2 heterocycles. The van der Waals surface area contributed by atoms with Crippen molar-refractivity contribution in [1.29, 1.82) is 0 Å². The summed E-state index contributed by atoms with van der Waals surface area (Å²) in [5.41, 5.74) is 2.91. The van der Waals surface area contributed by atoms with Gasteiger partial charge in [-0.2, -0.15) is 0 Å². The van der Waals surface area contributed by atoms with E-state index in [4.69, 9.17) is 4.42 Å². The Morgan fingerprint density at radius 1 is 1.07 bits per heavy atom. The standard InChI is InChI=1S/C20H20N2O4S/c1-21(2)27(24,25)17-7-8-18-16(11-17)12-19(26-18)20(23)22-10-9-14-5-3-4-6-15(14)13-22/h3-8,11-12H,9-10,13H2,1-2H3. The number of amides is 1. The quantitative estimate of drug-likeness (QED) is 0.696. The van der Waals surface area contributed by atoms with E-state index in [9.17, 15) is 13.2 Å². The van der Waals surface area contributed by atoms with Gasteiger partial charge in [-0.3, -0.25) is 4.79 Å². The highest BCUT2D eigenvalue weighted by atomic mass is 32.2. The smallest absolute Gasteiger partial charge is 0.289 e. The van der Waals surface area contributed by atoms with E-state index < -0.39 is 10.0 Å². The van der Waals surface area contributed by atoms with Gasteiger partial charge >= 0.3 is 0 Å². The minimum atomic E-state index is -3.54. The summed E-state index contributed by atoms with van der Waals surface area (Å²) in [7, 11) is -0.569. The fraction of sp³-hybridized carbons (Fsp3) is 0.250. The van der Waals surface area contributed by atoms with Crippen molar-refractivity contribution in [2.45, 2.75) is 17.9 Å². The minimum absolute atomic E-state index is 0.173. The Balaban J connectivity index is 1.64. The molecule has 3 aromatic rings. The van der Waals surface area contributed by atoms with Gasteiger partial charge in [-0.25, -0.2) is 12.7 Å². The van der Waals surface area contributed by atoms with Gasteiger partial charge in [0.15, 0.2) is 5.76 Å². The van der Waals surface area contributed by atoms with Crippen LogP contribution in [0.25, 0.3) is 11.0 Å². The van der Waals surface area contributed by atoms with Gasteiger partial charge in [0.05, 0.1) is 4.90 Å². The molecule has 1 amide bonds. The molecule has 7 heteroatoms. The van der Waals surface area contributed by atoms with Crippen LogP contribution in [0.5, 0.6) is 0 Å². The lowest BCUT2D eigenvalue weighted by Crippen LogP contribution is -2.35. The third-order valence-electron chi connectivity index (χ3n) is 4.89. The van der Waals surface area contributed by atoms with Crippen molar-refractivity contribution in [2.24, 2.45) is 0 Å². The summed E-state index contributed by atoms with van der Waals surface area (Å²) >= 11 is 0. The van der Waals surface area contributed by atoms with Gasteiger partial charge in [0, 0.05) is 32.6 Å². The zero-order chi connectivity index (χ0) is 19.2. The highest BCUT2D eigenvalue weighted by Gasteiger charge is 2.25. The van der Waals surface area contributed by atoms with Crippen LogP contribution >= 0.6 is 0 Å². The number of hydrogen-bond donors (Lipinski definition) is 0. The number of fused-ring (bicyclic) bond motifs is 2. The van der Waals surface area contributed by atoms with Crippen LogP contribution in [0.1, 0.15) is 21.7 Å². The fourth-order valence-electron chi connectivity index (χ4n) is 3.32. The van der Waals surface area contributed by atoms with Crippen LogP contribution in [0.4, 0.5) is 0 Å². The average Bonchev–Trinajstić information content (AvgIpc) is 3.10. The van der Waals surface area contributed by atoms with E-state index in [0.717, 1.165) is 16.3 Å². The summed E-state index contributed by atoms with van der Waals surface area (Å²) in [4.78, 5) is 14.8. The highest BCUT2D eigenvalue weighted by Crippen LogP contribution is 2.26. The monoisotopic (exact) mass is 384 g/mol. The molecular weight excluding hydrogens is 364 g/mol. The first-order valence-electron chi connectivity index (χ1n) is 8.68. The molecular formula is C20H20N2O4S. The van der Waals surface area contributed by atoms with E-state index in [1.807, 2.05) is 18.2 Å². The summed E-state index contributed by atoms with van der Waals surface area (Å²) in [6.07, 6.45) is 0.813. The number of rotatable bonds is 3. The lowest BCUT2D eigenvalue weighted by molar-refractivity contribution is 0.0705. The molecule has 0 radical (unpaired) electrons. The third kappa shape index (κ3) is 3.13. The number of carbonyl (C=O) groups excluding carboxylic acids is 1. The van der Waals surface area contributed by atoms with Gasteiger partial charge in [0.25, 0.3) is 5.91 Å². The maximum Gasteiger partial charge on any atom is 0.289 e. The predicted octanol–water partition coefficient (Wildman–Crippen LogP) is 2.88. The zero-order valence-electron chi connectivity index (χ0n) is 15.2. The van der Waals surface area contributed by atoms with E-state index in [-0.39, 0.29) is 16.6 Å². The number of hydrogen-bond acceptors (Lipinski definition) is 4. The van der Waals surface area contributed by atoms with Gasteiger partial charge in [0.1, 0.15) is 5.58 Å². The molecule has 0 aliphatic carbocycles. The Hall–Kier alpha value is -2.64. The topological polar surface area (TPSA) is 70.8 Å². The lowest BCUT2D eigenvalue weighted by atomic mass is 10.00. The first kappa shape index (κ1) is 17.8. The van der Waals surface area contributed by atoms with Crippen LogP contribution < -0.4 is 0 Å². The second-order valence-corrected chi connectivity index (χ2v) is 8.99. The maximum atomic E-state index is 12.9. The Bertz CT molecular complexity index is 1130. The van der Waals surface area contributed by atoms with Crippen LogP contribution in [0.2, 0.25) is 0 Å². The zero-order valence-corrected chi connectivity index (χ0v) is 16.0. The molecule has 140 valence electrons. The first-order chi connectivity index (χ1) is 12.9. The highest BCUT2D eigenvalue weighted by molar-refractivity contribution is 7.89. The van der Waals surface area contributed by atoms with Gasteiger partial charge in [0.2, 0.25) is 10.0 Å². The molecule has 0 unspecified atom stereocenters. The van der Waals surface area contributed by atoms with E-state index in [1.165, 1.54) is 31.8 Å². The predicted molar refractivity (Wildman–Crippen MR) is 102 cm³/mol. The molecule has 0 N–H and O–H groups in total. The molecule has 0 atom stereocenters. The number of carbonyl (C=O) groups is 1. The van der Waals surface area contributed by atoms with Crippen LogP contribution in [-0.4, -0.2) is 44.2 Å². The van der Waals surface area contributed by atoms with Gasteiger partial charge < -0.3 is 9.32 Å². The fourth-order valence-corrected chi connectivity index (χ4v) is 4.26. The molecule has 27 heavy (non-hydrogen) atoms. The van der Waals surface area contributed by atoms with E-state index >= 15 is 0 Å². The molecule has 0 saturated heterocycles. The molecule has 6 nitrogen and oxygen atoms in total. The summed E-state index contributed by atoms with van der Waals surface area (Å²) in [6.45, 7) is 1.18. The van der Waals surface area contributed by atoms with Crippen LogP contribution in [-0.2, 0) is 23.0 Å². The molecule has 1 aromatic heterocycles. The maximum absolute atomic E-state index is 12.9. The molecule has 0 bridgehead atoms. The minimum Gasteiger partial charge on any atom is -0.451 e. The molecule has 1 aliphatic rings. The Labute approximate surface area is 158 Å². The number of furan rings is 1. The van der Waals surface area contributed by atoms with Gasteiger partial charge in [-0.1, -0.05) is 24.3 Å². The van der Waals surface area contributed by atoms with Crippen molar-refractivity contribution in [3.63, 3.8) is 0 Å². The Morgan fingerprint density at radius 2 is 1.81 bits per heavy atom. The van der Waals surface area contributed by atoms with Crippen molar-refractivity contribution < 1.29 is 17.6 Å². The van der Waals surface area contributed by atoms with E-state index in [2.05, 4.69) is 6.07 Å². The normalized spacial score (nSPS) is 14.6. The summed E-state index contributed by atoms with van der Waals surface area (Å²) in [5, 5.41) is 0.596. The van der Waals surface area contributed by atoms with Crippen LogP contribution in [0, 0.1) is 0 Å². The van der Waals surface area contributed by atoms with Crippen molar-refractivity contribution in [3.05, 3.63) is 65.4 Å².